The highest BCUT2D eigenvalue weighted by molar-refractivity contribution is 5.93. The quantitative estimate of drug-likeness (QED) is 0.345. The van der Waals surface area contributed by atoms with Crippen LogP contribution in [0.1, 0.15) is 70.4 Å². The molecule has 2 aliphatic heterocycles. The Hall–Kier alpha value is -2.69. The van der Waals surface area contributed by atoms with Crippen molar-refractivity contribution in [3.05, 3.63) is 29.8 Å². The molecule has 3 aliphatic rings. The standard InChI is InChI=1S/C30H47N5O5/c1-4-34-19-25(29(38)32-24-15-17-40-26-13-9-8-12-23(24)26)35(18-22(34)14-16-36)30(39)27(21-10-6-5-7-11-21)33-28(37)20(2)31-3/h8-9,12-13,20-22,24-25,27,31,36H,4-7,10-11,14-19H2,1-3H3,(H,32,38)(H,33,37). The van der Waals surface area contributed by atoms with Crippen molar-refractivity contribution in [2.75, 3.05) is 39.9 Å². The van der Waals surface area contributed by atoms with Crippen LogP contribution in [0.4, 0.5) is 0 Å². The predicted octanol–water partition coefficient (Wildman–Crippen LogP) is 1.58. The van der Waals surface area contributed by atoms with Gasteiger partial charge in [-0.25, -0.2) is 0 Å². The van der Waals surface area contributed by atoms with E-state index in [-0.39, 0.29) is 42.3 Å². The van der Waals surface area contributed by atoms with Gasteiger partial charge in [0.25, 0.3) is 0 Å². The van der Waals surface area contributed by atoms with Gasteiger partial charge < -0.3 is 30.7 Å². The molecule has 0 aromatic heterocycles. The van der Waals surface area contributed by atoms with Gasteiger partial charge in [-0.2, -0.15) is 0 Å². The lowest BCUT2D eigenvalue weighted by Gasteiger charge is -2.47. The zero-order valence-electron chi connectivity index (χ0n) is 24.2. The van der Waals surface area contributed by atoms with E-state index in [1.807, 2.05) is 31.2 Å². The summed E-state index contributed by atoms with van der Waals surface area (Å²) < 4.78 is 5.79. The summed E-state index contributed by atoms with van der Waals surface area (Å²) >= 11 is 0. The molecule has 4 N–H and O–H groups in total. The third kappa shape index (κ3) is 6.95. The molecular formula is C30H47N5O5. The molecule has 1 saturated carbocycles. The molecule has 3 amide bonds. The van der Waals surface area contributed by atoms with E-state index in [1.54, 1.807) is 18.9 Å². The minimum atomic E-state index is -0.706. The maximum atomic E-state index is 14.4. The van der Waals surface area contributed by atoms with Crippen LogP contribution in [0.15, 0.2) is 24.3 Å². The molecule has 10 nitrogen and oxygen atoms in total. The van der Waals surface area contributed by atoms with E-state index in [4.69, 9.17) is 4.74 Å². The van der Waals surface area contributed by atoms with E-state index < -0.39 is 18.1 Å². The van der Waals surface area contributed by atoms with Crippen LogP contribution in [0.3, 0.4) is 0 Å². The summed E-state index contributed by atoms with van der Waals surface area (Å²) in [6, 6.07) is 5.63. The zero-order chi connectivity index (χ0) is 28.6. The number of para-hydroxylation sites is 1. The number of carbonyl (C=O) groups excluding carboxylic acids is 3. The summed E-state index contributed by atoms with van der Waals surface area (Å²) in [5.74, 6) is 0.182. The van der Waals surface area contributed by atoms with Gasteiger partial charge in [-0.15, -0.1) is 0 Å². The van der Waals surface area contributed by atoms with Gasteiger partial charge in [0.2, 0.25) is 17.7 Å². The number of carbonyl (C=O) groups is 3. The summed E-state index contributed by atoms with van der Waals surface area (Å²) in [4.78, 5) is 45.2. The zero-order valence-corrected chi connectivity index (χ0v) is 24.2. The van der Waals surface area contributed by atoms with E-state index in [2.05, 4.69) is 20.9 Å². The Balaban J connectivity index is 1.61. The second-order valence-corrected chi connectivity index (χ2v) is 11.4. The van der Waals surface area contributed by atoms with Crippen LogP contribution in [0.5, 0.6) is 5.75 Å². The van der Waals surface area contributed by atoms with Crippen LogP contribution < -0.4 is 20.7 Å². The number of rotatable bonds is 10. The van der Waals surface area contributed by atoms with Crippen molar-refractivity contribution < 1.29 is 24.2 Å². The van der Waals surface area contributed by atoms with Crippen molar-refractivity contribution in [1.82, 2.24) is 25.8 Å². The Morgan fingerprint density at radius 1 is 1.10 bits per heavy atom. The highest BCUT2D eigenvalue weighted by atomic mass is 16.5. The fourth-order valence-corrected chi connectivity index (χ4v) is 6.41. The summed E-state index contributed by atoms with van der Waals surface area (Å²) in [5, 5.41) is 19.0. The molecular weight excluding hydrogens is 510 g/mol. The monoisotopic (exact) mass is 557 g/mol. The number of nitrogens with zero attached hydrogens (tertiary/aromatic N) is 2. The molecule has 2 heterocycles. The van der Waals surface area contributed by atoms with Crippen molar-refractivity contribution in [1.29, 1.82) is 0 Å². The Kier molecular flexibility index (Phi) is 10.8. The number of aliphatic hydroxyl groups is 1. The maximum Gasteiger partial charge on any atom is 0.246 e. The van der Waals surface area contributed by atoms with Gasteiger partial charge in [0.05, 0.1) is 18.7 Å². The molecule has 10 heteroatoms. The average Bonchev–Trinajstić information content (AvgIpc) is 2.99. The predicted molar refractivity (Wildman–Crippen MR) is 153 cm³/mol. The summed E-state index contributed by atoms with van der Waals surface area (Å²) in [7, 11) is 1.72. The van der Waals surface area contributed by atoms with Gasteiger partial charge in [0.1, 0.15) is 17.8 Å². The normalized spacial score (nSPS) is 25.3. The molecule has 0 radical (unpaired) electrons. The molecule has 1 aliphatic carbocycles. The molecule has 1 aromatic rings. The minimum absolute atomic E-state index is 0.00138. The Bertz CT molecular complexity index is 1020. The Morgan fingerprint density at radius 3 is 2.55 bits per heavy atom. The molecule has 222 valence electrons. The number of amides is 3. The van der Waals surface area contributed by atoms with Gasteiger partial charge in [0.15, 0.2) is 0 Å². The first-order valence-corrected chi connectivity index (χ1v) is 15.0. The van der Waals surface area contributed by atoms with Crippen LogP contribution in [-0.4, -0.2) is 96.7 Å². The highest BCUT2D eigenvalue weighted by Gasteiger charge is 2.44. The van der Waals surface area contributed by atoms with Gasteiger partial charge in [-0.1, -0.05) is 44.4 Å². The van der Waals surface area contributed by atoms with E-state index in [0.29, 0.717) is 39.1 Å². The van der Waals surface area contributed by atoms with E-state index in [1.165, 1.54) is 0 Å². The topological polar surface area (TPSA) is 123 Å². The molecule has 40 heavy (non-hydrogen) atoms. The van der Waals surface area contributed by atoms with Gasteiger partial charge in [-0.3, -0.25) is 19.3 Å². The van der Waals surface area contributed by atoms with Crippen LogP contribution >= 0.6 is 0 Å². The largest absolute Gasteiger partial charge is 0.493 e. The first kappa shape index (κ1) is 30.3. The molecule has 5 unspecified atom stereocenters. The Morgan fingerprint density at radius 2 is 1.85 bits per heavy atom. The molecule has 1 saturated heterocycles. The summed E-state index contributed by atoms with van der Waals surface area (Å²) in [6.45, 7) is 5.74. The third-order valence-corrected chi connectivity index (χ3v) is 8.95. The molecule has 2 fully saturated rings. The van der Waals surface area contributed by atoms with Gasteiger partial charge in [-0.05, 0) is 51.8 Å². The SMILES string of the molecule is CCN1CC(C(=O)NC2CCOc3ccccc32)N(C(=O)C(NC(=O)C(C)NC)C2CCCCC2)CC1CCO. The number of hydrogen-bond donors (Lipinski definition) is 4. The number of likely N-dealkylation sites (N-methyl/N-ethyl adjacent to an activating group) is 2. The smallest absolute Gasteiger partial charge is 0.246 e. The van der Waals surface area contributed by atoms with Crippen molar-refractivity contribution in [3.8, 4) is 5.75 Å². The number of fused-ring (bicyclic) bond motifs is 1. The first-order valence-electron chi connectivity index (χ1n) is 15.0. The summed E-state index contributed by atoms with van der Waals surface area (Å²) in [5.41, 5.74) is 0.940. The lowest BCUT2D eigenvalue weighted by atomic mass is 9.82. The fourth-order valence-electron chi connectivity index (χ4n) is 6.41. The third-order valence-electron chi connectivity index (χ3n) is 8.95. The van der Waals surface area contributed by atoms with Gasteiger partial charge in [0, 0.05) is 37.7 Å². The number of piperazine rings is 1. The summed E-state index contributed by atoms with van der Waals surface area (Å²) in [6.07, 6.45) is 6.08. The number of ether oxygens (including phenoxy) is 1. The maximum absolute atomic E-state index is 14.4. The van der Waals surface area contributed by atoms with E-state index in [9.17, 15) is 19.5 Å². The highest BCUT2D eigenvalue weighted by Crippen LogP contribution is 2.33. The molecule has 1 aromatic carbocycles. The molecule has 5 atom stereocenters. The number of nitrogens with one attached hydrogen (secondary N) is 3. The van der Waals surface area contributed by atoms with Crippen LogP contribution in [0.25, 0.3) is 0 Å². The number of benzene rings is 1. The number of hydrogen-bond acceptors (Lipinski definition) is 7. The second kappa shape index (κ2) is 14.3. The van der Waals surface area contributed by atoms with Crippen LogP contribution in [0.2, 0.25) is 0 Å². The second-order valence-electron chi connectivity index (χ2n) is 11.4. The van der Waals surface area contributed by atoms with Crippen LogP contribution in [0, 0.1) is 5.92 Å². The molecule has 4 rings (SSSR count). The van der Waals surface area contributed by atoms with Gasteiger partial charge >= 0.3 is 0 Å². The van der Waals surface area contributed by atoms with E-state index in [0.717, 1.165) is 43.4 Å². The lowest BCUT2D eigenvalue weighted by Crippen LogP contribution is -2.67. The fraction of sp³-hybridized carbons (Fsp3) is 0.700. The minimum Gasteiger partial charge on any atom is -0.493 e. The number of aliphatic hydroxyl groups excluding tert-OH is 1. The first-order chi connectivity index (χ1) is 19.4. The molecule has 0 bridgehead atoms. The van der Waals surface area contributed by atoms with E-state index >= 15 is 0 Å². The van der Waals surface area contributed by atoms with Crippen molar-refractivity contribution >= 4 is 17.7 Å². The van der Waals surface area contributed by atoms with Crippen LogP contribution in [-0.2, 0) is 14.4 Å². The van der Waals surface area contributed by atoms with Crippen molar-refractivity contribution in [3.63, 3.8) is 0 Å². The Labute approximate surface area is 238 Å². The lowest BCUT2D eigenvalue weighted by molar-refractivity contribution is -0.150. The average molecular weight is 558 g/mol. The molecule has 0 spiro atoms. The van der Waals surface area contributed by atoms with Crippen molar-refractivity contribution in [2.24, 2.45) is 5.92 Å². The van der Waals surface area contributed by atoms with Crippen molar-refractivity contribution in [2.45, 2.75) is 89.0 Å².